The van der Waals surface area contributed by atoms with Gasteiger partial charge in [-0.3, -0.25) is 0 Å². The predicted octanol–water partition coefficient (Wildman–Crippen LogP) is 3.39. The van der Waals surface area contributed by atoms with Crippen LogP contribution in [0, 0.1) is 5.82 Å². The Morgan fingerprint density at radius 2 is 1.86 bits per heavy atom. The highest BCUT2D eigenvalue weighted by Gasteiger charge is 2.26. The van der Waals surface area contributed by atoms with Gasteiger partial charge in [-0.05, 0) is 60.4 Å². The van der Waals surface area contributed by atoms with E-state index >= 15 is 0 Å². The fourth-order valence-corrected chi connectivity index (χ4v) is 4.53. The number of benzene rings is 2. The summed E-state index contributed by atoms with van der Waals surface area (Å²) in [4.78, 5) is 8.95. The van der Waals surface area contributed by atoms with E-state index in [9.17, 15) is 12.8 Å². The molecule has 3 N–H and O–H groups in total. The molecule has 0 radical (unpaired) electrons. The van der Waals surface area contributed by atoms with Gasteiger partial charge in [0.15, 0.2) is 0 Å². The molecular weight excluding hydrogens is 403 g/mol. The molecule has 1 heterocycles. The number of aryl methyl sites for hydroxylation is 2. The van der Waals surface area contributed by atoms with Crippen LogP contribution in [-0.4, -0.2) is 25.4 Å². The van der Waals surface area contributed by atoms with Crippen LogP contribution in [0.25, 0.3) is 22.4 Å². The fraction of sp³-hybridized carbons (Fsp3) is 0.158. The standard InChI is InChI=1S/C19H16ClFN4O2S/c1-23-19-24-15-7-4-11-8-14(20)16(28(22,26)27)9-13(11)17(15)18(25-19)10-2-5-12(21)6-3-10/h2-3,5-6,8-9H,4,7H2,1H3,(H2,22,26,27)(H,23,24,25). The van der Waals surface area contributed by atoms with Gasteiger partial charge < -0.3 is 5.32 Å². The second kappa shape index (κ2) is 6.80. The van der Waals surface area contributed by atoms with Crippen LogP contribution in [0.5, 0.6) is 0 Å². The van der Waals surface area contributed by atoms with Gasteiger partial charge in [-0.25, -0.2) is 27.9 Å². The Balaban J connectivity index is 2.04. The van der Waals surface area contributed by atoms with Crippen molar-refractivity contribution in [3.8, 4) is 22.4 Å². The molecule has 6 nitrogen and oxygen atoms in total. The van der Waals surface area contributed by atoms with Crippen molar-refractivity contribution in [1.29, 1.82) is 0 Å². The normalized spacial score (nSPS) is 13.0. The van der Waals surface area contributed by atoms with Crippen molar-refractivity contribution in [2.45, 2.75) is 17.7 Å². The second-order valence-electron chi connectivity index (χ2n) is 6.46. The molecule has 0 saturated carbocycles. The average molecular weight is 419 g/mol. The van der Waals surface area contributed by atoms with Crippen molar-refractivity contribution in [2.24, 2.45) is 5.14 Å². The molecular formula is C19H16ClFN4O2S. The minimum Gasteiger partial charge on any atom is -0.357 e. The Hall–Kier alpha value is -2.55. The van der Waals surface area contributed by atoms with E-state index in [4.69, 9.17) is 16.7 Å². The fourth-order valence-electron chi connectivity index (χ4n) is 3.40. The maximum Gasteiger partial charge on any atom is 0.239 e. The topological polar surface area (TPSA) is 98.0 Å². The van der Waals surface area contributed by atoms with E-state index < -0.39 is 10.0 Å². The Labute approximate surface area is 166 Å². The monoisotopic (exact) mass is 418 g/mol. The molecule has 0 unspecified atom stereocenters. The molecule has 2 aromatic carbocycles. The number of aromatic nitrogens is 2. The van der Waals surface area contributed by atoms with Gasteiger partial charge in [0, 0.05) is 18.2 Å². The number of nitrogens with two attached hydrogens (primary N) is 1. The smallest absolute Gasteiger partial charge is 0.239 e. The molecule has 0 spiro atoms. The maximum atomic E-state index is 13.4. The molecule has 0 atom stereocenters. The third-order valence-corrected chi connectivity index (χ3v) is 6.07. The largest absolute Gasteiger partial charge is 0.357 e. The van der Waals surface area contributed by atoms with Crippen LogP contribution < -0.4 is 10.5 Å². The SMILES string of the molecule is CNc1nc2c(c(-c3ccc(F)cc3)n1)-c1cc(S(N)(=O)=O)c(Cl)cc1CC2. The molecule has 0 amide bonds. The van der Waals surface area contributed by atoms with Crippen LogP contribution in [0.15, 0.2) is 41.3 Å². The summed E-state index contributed by atoms with van der Waals surface area (Å²) in [6.07, 6.45) is 1.29. The number of anilines is 1. The first-order valence-corrected chi connectivity index (χ1v) is 10.4. The van der Waals surface area contributed by atoms with Crippen LogP contribution in [0.4, 0.5) is 10.3 Å². The maximum absolute atomic E-state index is 13.4. The van der Waals surface area contributed by atoms with Crippen molar-refractivity contribution in [3.05, 3.63) is 58.5 Å². The van der Waals surface area contributed by atoms with E-state index in [0.29, 0.717) is 41.2 Å². The lowest BCUT2D eigenvalue weighted by atomic mass is 9.86. The van der Waals surface area contributed by atoms with Crippen molar-refractivity contribution >= 4 is 27.6 Å². The van der Waals surface area contributed by atoms with Gasteiger partial charge in [-0.1, -0.05) is 11.6 Å². The van der Waals surface area contributed by atoms with E-state index in [1.54, 1.807) is 25.2 Å². The molecule has 0 aliphatic heterocycles. The van der Waals surface area contributed by atoms with Crippen molar-refractivity contribution in [3.63, 3.8) is 0 Å². The number of fused-ring (bicyclic) bond motifs is 3. The molecule has 3 aromatic rings. The molecule has 1 aromatic heterocycles. The summed E-state index contributed by atoms with van der Waals surface area (Å²) in [6, 6.07) is 9.05. The van der Waals surface area contributed by atoms with Crippen LogP contribution in [0.3, 0.4) is 0 Å². The number of hydrogen-bond acceptors (Lipinski definition) is 5. The van der Waals surface area contributed by atoms with Gasteiger partial charge >= 0.3 is 0 Å². The lowest BCUT2D eigenvalue weighted by Gasteiger charge is -2.23. The molecule has 4 rings (SSSR count). The Kier molecular flexibility index (Phi) is 4.57. The van der Waals surface area contributed by atoms with Crippen LogP contribution in [0.1, 0.15) is 11.3 Å². The van der Waals surface area contributed by atoms with E-state index in [2.05, 4.69) is 15.3 Å². The highest BCUT2D eigenvalue weighted by molar-refractivity contribution is 7.89. The minimum absolute atomic E-state index is 0.0841. The predicted molar refractivity (Wildman–Crippen MR) is 106 cm³/mol. The molecule has 144 valence electrons. The molecule has 9 heteroatoms. The summed E-state index contributed by atoms with van der Waals surface area (Å²) in [5, 5.41) is 8.35. The quantitative estimate of drug-likeness (QED) is 0.679. The van der Waals surface area contributed by atoms with E-state index in [0.717, 1.165) is 11.3 Å². The summed E-state index contributed by atoms with van der Waals surface area (Å²) >= 11 is 6.15. The number of hydrogen-bond donors (Lipinski definition) is 2. The van der Waals surface area contributed by atoms with Gasteiger partial charge in [0.05, 0.1) is 16.4 Å². The number of primary sulfonamides is 1. The highest BCUT2D eigenvalue weighted by Crippen LogP contribution is 2.42. The van der Waals surface area contributed by atoms with Crippen molar-refractivity contribution < 1.29 is 12.8 Å². The lowest BCUT2D eigenvalue weighted by Crippen LogP contribution is -2.16. The Bertz CT molecular complexity index is 1200. The minimum atomic E-state index is -4.00. The zero-order valence-corrected chi connectivity index (χ0v) is 16.4. The molecule has 1 aliphatic rings. The summed E-state index contributed by atoms with van der Waals surface area (Å²) in [7, 11) is -2.29. The van der Waals surface area contributed by atoms with E-state index in [1.807, 2.05) is 0 Å². The summed E-state index contributed by atoms with van der Waals surface area (Å²) < 4.78 is 37.3. The molecule has 1 aliphatic carbocycles. The number of rotatable bonds is 3. The Morgan fingerprint density at radius 3 is 2.50 bits per heavy atom. The Morgan fingerprint density at radius 1 is 1.14 bits per heavy atom. The number of halogens is 2. The van der Waals surface area contributed by atoms with Gasteiger partial charge in [-0.2, -0.15) is 0 Å². The van der Waals surface area contributed by atoms with Gasteiger partial charge in [0.2, 0.25) is 16.0 Å². The zero-order chi connectivity index (χ0) is 20.1. The first kappa shape index (κ1) is 18.8. The summed E-state index contributed by atoms with van der Waals surface area (Å²) in [6.45, 7) is 0. The second-order valence-corrected chi connectivity index (χ2v) is 8.40. The summed E-state index contributed by atoms with van der Waals surface area (Å²) in [5.74, 6) is 0.0753. The van der Waals surface area contributed by atoms with Gasteiger partial charge in [-0.15, -0.1) is 0 Å². The average Bonchev–Trinajstić information content (AvgIpc) is 2.66. The molecule has 0 saturated heterocycles. The zero-order valence-electron chi connectivity index (χ0n) is 14.8. The number of nitrogens with zero attached hydrogens (tertiary/aromatic N) is 2. The molecule has 28 heavy (non-hydrogen) atoms. The van der Waals surface area contributed by atoms with E-state index in [1.165, 1.54) is 18.2 Å². The van der Waals surface area contributed by atoms with Gasteiger partial charge in [0.25, 0.3) is 0 Å². The highest BCUT2D eigenvalue weighted by atomic mass is 35.5. The number of nitrogens with one attached hydrogen (secondary N) is 1. The van der Waals surface area contributed by atoms with E-state index in [-0.39, 0.29) is 15.7 Å². The van der Waals surface area contributed by atoms with Crippen molar-refractivity contribution in [2.75, 3.05) is 12.4 Å². The first-order valence-electron chi connectivity index (χ1n) is 8.48. The molecule has 0 bridgehead atoms. The van der Waals surface area contributed by atoms with Crippen LogP contribution in [-0.2, 0) is 22.9 Å². The third-order valence-electron chi connectivity index (χ3n) is 4.69. The van der Waals surface area contributed by atoms with Crippen molar-refractivity contribution in [1.82, 2.24) is 9.97 Å². The number of sulfonamides is 1. The third kappa shape index (κ3) is 3.23. The van der Waals surface area contributed by atoms with Crippen LogP contribution in [0.2, 0.25) is 5.02 Å². The van der Waals surface area contributed by atoms with Crippen LogP contribution >= 0.6 is 11.6 Å². The molecule has 0 fully saturated rings. The first-order chi connectivity index (χ1) is 13.3. The lowest BCUT2D eigenvalue weighted by molar-refractivity contribution is 0.598. The van der Waals surface area contributed by atoms with Gasteiger partial charge in [0.1, 0.15) is 10.7 Å². The summed E-state index contributed by atoms with van der Waals surface area (Å²) in [5.41, 5.74) is 4.29.